The highest BCUT2D eigenvalue weighted by atomic mass is 19.1. The molecule has 2 aliphatic rings. The van der Waals surface area contributed by atoms with Crippen LogP contribution in [0.15, 0.2) is 61.1 Å². The van der Waals surface area contributed by atoms with E-state index in [1.165, 1.54) is 17.7 Å². The van der Waals surface area contributed by atoms with Crippen LogP contribution in [0.4, 0.5) is 10.1 Å². The number of aryl methyl sites for hydroxylation is 1. The van der Waals surface area contributed by atoms with E-state index >= 15 is 0 Å². The van der Waals surface area contributed by atoms with Crippen molar-refractivity contribution in [1.29, 1.82) is 0 Å². The first kappa shape index (κ1) is 22.5. The van der Waals surface area contributed by atoms with Crippen molar-refractivity contribution in [3.05, 3.63) is 83.7 Å². The smallest absolute Gasteiger partial charge is 0.257 e. The summed E-state index contributed by atoms with van der Waals surface area (Å²) in [7, 11) is 0. The zero-order chi connectivity index (χ0) is 23.5. The van der Waals surface area contributed by atoms with E-state index in [4.69, 9.17) is 4.74 Å². The predicted octanol–water partition coefficient (Wildman–Crippen LogP) is 4.84. The van der Waals surface area contributed by atoms with Crippen LogP contribution >= 0.6 is 0 Å². The Labute approximate surface area is 199 Å². The predicted molar refractivity (Wildman–Crippen MR) is 131 cm³/mol. The van der Waals surface area contributed by atoms with Crippen molar-refractivity contribution in [3.63, 3.8) is 0 Å². The van der Waals surface area contributed by atoms with Gasteiger partial charge in [0.15, 0.2) is 0 Å². The maximum absolute atomic E-state index is 13.2. The third kappa shape index (κ3) is 4.95. The average molecular weight is 461 g/mol. The van der Waals surface area contributed by atoms with Gasteiger partial charge in [-0.25, -0.2) is 4.39 Å². The normalized spacial score (nSPS) is 19.0. The van der Waals surface area contributed by atoms with Crippen LogP contribution in [0.3, 0.4) is 0 Å². The van der Waals surface area contributed by atoms with Crippen molar-refractivity contribution >= 4 is 17.2 Å². The first-order valence-electron chi connectivity index (χ1n) is 11.8. The number of pyridine rings is 1. The Morgan fingerprint density at radius 1 is 1.18 bits per heavy atom. The largest absolute Gasteiger partial charge is 0.379 e. The Kier molecular flexibility index (Phi) is 6.56. The summed E-state index contributed by atoms with van der Waals surface area (Å²) in [6, 6.07) is 10.5. The Bertz CT molecular complexity index is 1200. The van der Waals surface area contributed by atoms with Crippen LogP contribution in [-0.2, 0) is 4.74 Å². The Morgan fingerprint density at radius 2 is 1.97 bits per heavy atom. The van der Waals surface area contributed by atoms with Crippen molar-refractivity contribution in [1.82, 2.24) is 14.5 Å². The number of ether oxygens (including phenoxy) is 1. The number of anilines is 1. The van der Waals surface area contributed by atoms with Gasteiger partial charge in [0, 0.05) is 37.2 Å². The number of carbonyl (C=O) groups excluding carboxylic acids is 1. The lowest BCUT2D eigenvalue weighted by atomic mass is 9.90. The van der Waals surface area contributed by atoms with E-state index in [9.17, 15) is 9.18 Å². The molecule has 34 heavy (non-hydrogen) atoms. The van der Waals surface area contributed by atoms with E-state index in [-0.39, 0.29) is 11.7 Å². The van der Waals surface area contributed by atoms with Gasteiger partial charge in [-0.05, 0) is 73.7 Å². The summed E-state index contributed by atoms with van der Waals surface area (Å²) in [5, 5.41) is 2.94. The zero-order valence-corrected chi connectivity index (χ0v) is 19.3. The molecule has 1 aliphatic heterocycles. The molecule has 7 heteroatoms. The SMILES string of the molecule is Cc1cc(NC(=O)c2ccn(-c3ccc(F)cc3)c2)cnc1C1=CCC(N2CCOCC2)CC1. The van der Waals surface area contributed by atoms with Gasteiger partial charge < -0.3 is 14.6 Å². The van der Waals surface area contributed by atoms with Crippen LogP contribution in [-0.4, -0.2) is 52.7 Å². The van der Waals surface area contributed by atoms with Gasteiger partial charge in [0.2, 0.25) is 0 Å². The number of hydrogen-bond donors (Lipinski definition) is 1. The van der Waals surface area contributed by atoms with Crippen LogP contribution < -0.4 is 5.32 Å². The summed E-state index contributed by atoms with van der Waals surface area (Å²) in [5.41, 5.74) is 5.34. The summed E-state index contributed by atoms with van der Waals surface area (Å²) in [4.78, 5) is 20.0. The highest BCUT2D eigenvalue weighted by Gasteiger charge is 2.24. The lowest BCUT2D eigenvalue weighted by Crippen LogP contribution is -2.43. The Balaban J connectivity index is 1.23. The van der Waals surface area contributed by atoms with Crippen LogP contribution in [0, 0.1) is 12.7 Å². The molecule has 6 nitrogen and oxygen atoms in total. The van der Waals surface area contributed by atoms with E-state index < -0.39 is 0 Å². The van der Waals surface area contributed by atoms with Crippen molar-refractivity contribution in [2.75, 3.05) is 31.6 Å². The van der Waals surface area contributed by atoms with Gasteiger partial charge >= 0.3 is 0 Å². The second kappa shape index (κ2) is 9.91. The molecule has 1 amide bonds. The van der Waals surface area contributed by atoms with Gasteiger partial charge in [0.05, 0.1) is 36.4 Å². The molecule has 3 aromatic rings. The molecule has 0 saturated carbocycles. The molecular formula is C27H29FN4O2. The third-order valence-corrected chi connectivity index (χ3v) is 6.67. The van der Waals surface area contributed by atoms with Crippen molar-refractivity contribution in [3.8, 4) is 5.69 Å². The van der Waals surface area contributed by atoms with Crippen LogP contribution in [0.1, 0.15) is 40.9 Å². The van der Waals surface area contributed by atoms with Gasteiger partial charge in [-0.15, -0.1) is 0 Å². The highest BCUT2D eigenvalue weighted by Crippen LogP contribution is 2.31. The number of morpholine rings is 1. The van der Waals surface area contributed by atoms with E-state index in [2.05, 4.69) is 21.3 Å². The number of nitrogens with one attached hydrogen (secondary N) is 1. The molecule has 1 aliphatic carbocycles. The van der Waals surface area contributed by atoms with Crippen molar-refractivity contribution in [2.24, 2.45) is 0 Å². The van der Waals surface area contributed by atoms with E-state index in [0.717, 1.165) is 62.5 Å². The summed E-state index contributed by atoms with van der Waals surface area (Å²) in [6.45, 7) is 5.74. The maximum Gasteiger partial charge on any atom is 0.257 e. The second-order valence-corrected chi connectivity index (χ2v) is 8.93. The molecule has 1 atom stereocenters. The molecule has 0 bridgehead atoms. The number of allylic oxidation sites excluding steroid dienone is 1. The summed E-state index contributed by atoms with van der Waals surface area (Å²) < 4.78 is 20.4. The minimum absolute atomic E-state index is 0.208. The number of carbonyl (C=O) groups is 1. The minimum Gasteiger partial charge on any atom is -0.379 e. The van der Waals surface area contributed by atoms with Crippen molar-refractivity contribution < 1.29 is 13.9 Å². The number of aromatic nitrogens is 2. The Hall–Kier alpha value is -3.29. The number of nitrogens with zero attached hydrogens (tertiary/aromatic N) is 3. The highest BCUT2D eigenvalue weighted by molar-refractivity contribution is 6.04. The van der Waals surface area contributed by atoms with Gasteiger partial charge in [-0.3, -0.25) is 14.7 Å². The summed E-state index contributed by atoms with van der Waals surface area (Å²) in [5.74, 6) is -0.499. The number of hydrogen-bond acceptors (Lipinski definition) is 4. The Morgan fingerprint density at radius 3 is 2.68 bits per heavy atom. The first-order chi connectivity index (χ1) is 16.6. The van der Waals surface area contributed by atoms with Gasteiger partial charge in [0.1, 0.15) is 5.82 Å². The molecule has 1 saturated heterocycles. The van der Waals surface area contributed by atoms with Crippen LogP contribution in [0.25, 0.3) is 11.3 Å². The molecular weight excluding hydrogens is 431 g/mol. The molecule has 0 spiro atoms. The second-order valence-electron chi connectivity index (χ2n) is 8.93. The molecule has 1 unspecified atom stereocenters. The maximum atomic E-state index is 13.2. The summed E-state index contributed by atoms with van der Waals surface area (Å²) >= 11 is 0. The monoisotopic (exact) mass is 460 g/mol. The molecule has 0 radical (unpaired) electrons. The fraction of sp³-hybridized carbons (Fsp3) is 0.333. The molecule has 2 aromatic heterocycles. The summed E-state index contributed by atoms with van der Waals surface area (Å²) in [6.07, 6.45) is 10.8. The minimum atomic E-state index is -0.291. The van der Waals surface area contributed by atoms with Crippen LogP contribution in [0.2, 0.25) is 0 Å². The number of amides is 1. The quantitative estimate of drug-likeness (QED) is 0.592. The van der Waals surface area contributed by atoms with Gasteiger partial charge in [-0.2, -0.15) is 0 Å². The molecule has 1 aromatic carbocycles. The fourth-order valence-electron chi connectivity index (χ4n) is 4.80. The molecule has 5 rings (SSSR count). The third-order valence-electron chi connectivity index (χ3n) is 6.67. The van der Waals surface area contributed by atoms with E-state index in [0.29, 0.717) is 17.3 Å². The lowest BCUT2D eigenvalue weighted by Gasteiger charge is -2.36. The number of benzene rings is 1. The molecule has 3 heterocycles. The van der Waals surface area contributed by atoms with Crippen molar-refractivity contribution in [2.45, 2.75) is 32.2 Å². The molecule has 176 valence electrons. The van der Waals surface area contributed by atoms with E-state index in [1.54, 1.807) is 41.4 Å². The van der Waals surface area contributed by atoms with E-state index in [1.807, 2.05) is 13.0 Å². The van der Waals surface area contributed by atoms with Gasteiger partial charge in [0.25, 0.3) is 5.91 Å². The standard InChI is InChI=1S/C27H29FN4O2/c1-19-16-23(30-27(33)21-10-11-32(18-21)25-8-4-22(28)5-9-25)17-29-26(19)20-2-6-24(7-3-20)31-12-14-34-15-13-31/h2,4-5,8-11,16-18,24H,3,6-7,12-15H2,1H3,(H,30,33). The topological polar surface area (TPSA) is 59.4 Å². The number of halogens is 1. The zero-order valence-electron chi connectivity index (χ0n) is 19.3. The first-order valence-corrected chi connectivity index (χ1v) is 11.8. The fourth-order valence-corrected chi connectivity index (χ4v) is 4.80. The average Bonchev–Trinajstić information content (AvgIpc) is 3.36. The van der Waals surface area contributed by atoms with Crippen LogP contribution in [0.5, 0.6) is 0 Å². The number of rotatable bonds is 5. The molecule has 1 fully saturated rings. The lowest BCUT2D eigenvalue weighted by molar-refractivity contribution is 0.0150. The van der Waals surface area contributed by atoms with Gasteiger partial charge in [-0.1, -0.05) is 6.08 Å². The molecule has 1 N–H and O–H groups in total.